The molecular formula is C28H30N2O5. The van der Waals surface area contributed by atoms with Crippen molar-refractivity contribution < 1.29 is 23.9 Å². The predicted molar refractivity (Wildman–Crippen MR) is 133 cm³/mol. The number of ether oxygens (including phenoxy) is 1. The first-order valence-corrected chi connectivity index (χ1v) is 11.8. The van der Waals surface area contributed by atoms with Crippen LogP contribution in [0.2, 0.25) is 0 Å². The number of ketones is 1. The van der Waals surface area contributed by atoms with Gasteiger partial charge in [-0.3, -0.25) is 19.3 Å². The summed E-state index contributed by atoms with van der Waals surface area (Å²) in [5.74, 6) is -1.47. The number of amides is 2. The van der Waals surface area contributed by atoms with Gasteiger partial charge < -0.3 is 9.64 Å². The van der Waals surface area contributed by atoms with Gasteiger partial charge in [-0.25, -0.2) is 4.79 Å². The lowest BCUT2D eigenvalue weighted by molar-refractivity contribution is -0.117. The SMILES string of the molecule is CC(C)CCN1C(=O)c2ccc(C(=O)OCC(=O)/C=C3/N(C)c4ccccc4C3(C)C)cc2C1=O. The molecule has 0 fully saturated rings. The maximum Gasteiger partial charge on any atom is 0.338 e. The zero-order chi connectivity index (χ0) is 25.5. The van der Waals surface area contributed by atoms with Crippen LogP contribution in [-0.4, -0.2) is 48.7 Å². The van der Waals surface area contributed by atoms with Gasteiger partial charge in [0, 0.05) is 36.5 Å². The van der Waals surface area contributed by atoms with Crippen molar-refractivity contribution in [3.63, 3.8) is 0 Å². The van der Waals surface area contributed by atoms with Crippen LogP contribution in [0, 0.1) is 5.92 Å². The highest BCUT2D eigenvalue weighted by Gasteiger charge is 2.39. The number of benzene rings is 2. The van der Waals surface area contributed by atoms with Crippen LogP contribution in [-0.2, 0) is 14.9 Å². The van der Waals surface area contributed by atoms with Gasteiger partial charge in [-0.2, -0.15) is 0 Å². The number of likely N-dealkylation sites (N-methyl/N-ethyl adjacent to an activating group) is 1. The predicted octanol–water partition coefficient (Wildman–Crippen LogP) is 4.37. The first-order chi connectivity index (χ1) is 16.5. The molecule has 0 aromatic heterocycles. The molecule has 2 aliphatic rings. The molecule has 2 amide bonds. The number of hydrogen-bond acceptors (Lipinski definition) is 6. The Morgan fingerprint density at radius 2 is 1.71 bits per heavy atom. The zero-order valence-electron chi connectivity index (χ0n) is 20.8. The summed E-state index contributed by atoms with van der Waals surface area (Å²) in [5, 5.41) is 0. The smallest absolute Gasteiger partial charge is 0.338 e. The van der Waals surface area contributed by atoms with E-state index in [4.69, 9.17) is 4.74 Å². The molecule has 35 heavy (non-hydrogen) atoms. The number of para-hydroxylation sites is 1. The quantitative estimate of drug-likeness (QED) is 0.337. The van der Waals surface area contributed by atoms with E-state index in [0.717, 1.165) is 16.9 Å². The van der Waals surface area contributed by atoms with Crippen LogP contribution in [0.1, 0.15) is 70.8 Å². The Bertz CT molecular complexity index is 1260. The van der Waals surface area contributed by atoms with E-state index < -0.39 is 18.5 Å². The molecule has 0 spiro atoms. The molecule has 2 aliphatic heterocycles. The molecule has 0 N–H and O–H groups in total. The third-order valence-electron chi connectivity index (χ3n) is 6.72. The number of allylic oxidation sites excluding steroid dienone is 1. The Morgan fingerprint density at radius 1 is 1.03 bits per heavy atom. The molecule has 0 saturated carbocycles. The molecule has 0 unspecified atom stereocenters. The molecule has 7 heteroatoms. The Labute approximate surface area is 205 Å². The van der Waals surface area contributed by atoms with Crippen LogP contribution in [0.5, 0.6) is 0 Å². The van der Waals surface area contributed by atoms with Gasteiger partial charge in [0.1, 0.15) is 0 Å². The van der Waals surface area contributed by atoms with Crippen LogP contribution in [0.4, 0.5) is 5.69 Å². The van der Waals surface area contributed by atoms with Gasteiger partial charge in [-0.1, -0.05) is 45.9 Å². The summed E-state index contributed by atoms with van der Waals surface area (Å²) in [6, 6.07) is 12.3. The monoisotopic (exact) mass is 474 g/mol. The summed E-state index contributed by atoms with van der Waals surface area (Å²) in [7, 11) is 1.91. The van der Waals surface area contributed by atoms with Gasteiger partial charge in [0.15, 0.2) is 12.4 Å². The molecule has 0 bridgehead atoms. The number of fused-ring (bicyclic) bond motifs is 2. The van der Waals surface area contributed by atoms with E-state index in [1.165, 1.54) is 29.2 Å². The summed E-state index contributed by atoms with van der Waals surface area (Å²) in [5.41, 5.74) is 3.21. The second-order valence-corrected chi connectivity index (χ2v) is 9.98. The summed E-state index contributed by atoms with van der Waals surface area (Å²) >= 11 is 0. The molecule has 182 valence electrons. The summed E-state index contributed by atoms with van der Waals surface area (Å²) < 4.78 is 5.25. The highest BCUT2D eigenvalue weighted by atomic mass is 16.5. The number of anilines is 1. The Kier molecular flexibility index (Phi) is 6.36. The summed E-state index contributed by atoms with van der Waals surface area (Å²) in [6.07, 6.45) is 2.22. The van der Waals surface area contributed by atoms with Crippen molar-refractivity contribution in [2.24, 2.45) is 5.92 Å². The largest absolute Gasteiger partial charge is 0.454 e. The molecule has 4 rings (SSSR count). The van der Waals surface area contributed by atoms with Crippen LogP contribution in [0.25, 0.3) is 0 Å². The normalized spacial score (nSPS) is 17.3. The number of carbonyl (C=O) groups is 4. The molecule has 0 saturated heterocycles. The van der Waals surface area contributed by atoms with Crippen molar-refractivity contribution in [2.75, 3.05) is 25.1 Å². The third kappa shape index (κ3) is 4.38. The van der Waals surface area contributed by atoms with E-state index in [1.807, 2.05) is 63.9 Å². The van der Waals surface area contributed by atoms with Crippen molar-refractivity contribution >= 4 is 29.3 Å². The maximum atomic E-state index is 12.7. The van der Waals surface area contributed by atoms with E-state index in [2.05, 4.69) is 0 Å². The van der Waals surface area contributed by atoms with E-state index in [1.54, 1.807) is 0 Å². The fourth-order valence-corrected chi connectivity index (χ4v) is 4.68. The van der Waals surface area contributed by atoms with Gasteiger partial charge in [-0.05, 0) is 42.2 Å². The van der Waals surface area contributed by atoms with Gasteiger partial charge in [0.25, 0.3) is 11.8 Å². The Balaban J connectivity index is 1.44. The Morgan fingerprint density at radius 3 is 2.40 bits per heavy atom. The molecule has 2 heterocycles. The first-order valence-electron chi connectivity index (χ1n) is 11.8. The second kappa shape index (κ2) is 9.13. The van der Waals surface area contributed by atoms with Crippen molar-refractivity contribution in [3.8, 4) is 0 Å². The van der Waals surface area contributed by atoms with E-state index in [-0.39, 0.29) is 33.8 Å². The molecule has 0 aliphatic carbocycles. The van der Waals surface area contributed by atoms with Crippen LogP contribution in [0.15, 0.2) is 54.2 Å². The minimum absolute atomic E-state index is 0.127. The molecule has 2 aromatic carbocycles. The maximum absolute atomic E-state index is 12.7. The summed E-state index contributed by atoms with van der Waals surface area (Å²) in [6.45, 7) is 8.05. The third-order valence-corrected chi connectivity index (χ3v) is 6.72. The van der Waals surface area contributed by atoms with Crippen LogP contribution in [0.3, 0.4) is 0 Å². The fourth-order valence-electron chi connectivity index (χ4n) is 4.68. The fraction of sp³-hybridized carbons (Fsp3) is 0.357. The zero-order valence-corrected chi connectivity index (χ0v) is 20.8. The van der Waals surface area contributed by atoms with E-state index in [9.17, 15) is 19.2 Å². The van der Waals surface area contributed by atoms with Crippen LogP contribution >= 0.6 is 0 Å². The lowest BCUT2D eigenvalue weighted by atomic mass is 9.83. The number of esters is 1. The lowest BCUT2D eigenvalue weighted by Gasteiger charge is -2.23. The highest BCUT2D eigenvalue weighted by Crippen LogP contribution is 2.46. The van der Waals surface area contributed by atoms with Crippen molar-refractivity contribution in [3.05, 3.63) is 76.5 Å². The average molecular weight is 475 g/mol. The number of imide groups is 1. The number of hydrogen-bond donors (Lipinski definition) is 0. The number of rotatable bonds is 7. The van der Waals surface area contributed by atoms with Crippen molar-refractivity contribution in [1.29, 1.82) is 0 Å². The molecule has 2 aromatic rings. The summed E-state index contributed by atoms with van der Waals surface area (Å²) in [4.78, 5) is 53.8. The highest BCUT2D eigenvalue weighted by molar-refractivity contribution is 6.22. The van der Waals surface area contributed by atoms with Gasteiger partial charge in [0.2, 0.25) is 0 Å². The first kappa shape index (κ1) is 24.4. The lowest BCUT2D eigenvalue weighted by Crippen LogP contribution is -2.31. The van der Waals surface area contributed by atoms with Gasteiger partial charge in [0.05, 0.1) is 16.7 Å². The van der Waals surface area contributed by atoms with Crippen molar-refractivity contribution in [1.82, 2.24) is 4.90 Å². The minimum atomic E-state index is -0.720. The average Bonchev–Trinajstić information content (AvgIpc) is 3.18. The van der Waals surface area contributed by atoms with Gasteiger partial charge >= 0.3 is 5.97 Å². The topological polar surface area (TPSA) is 84.0 Å². The van der Waals surface area contributed by atoms with E-state index in [0.29, 0.717) is 18.9 Å². The van der Waals surface area contributed by atoms with E-state index >= 15 is 0 Å². The molecule has 7 nitrogen and oxygen atoms in total. The molecular weight excluding hydrogens is 444 g/mol. The minimum Gasteiger partial charge on any atom is -0.454 e. The van der Waals surface area contributed by atoms with Crippen molar-refractivity contribution in [2.45, 2.75) is 39.5 Å². The second-order valence-electron chi connectivity index (χ2n) is 9.98. The number of carbonyl (C=O) groups excluding carboxylic acids is 4. The van der Waals surface area contributed by atoms with Gasteiger partial charge in [-0.15, -0.1) is 0 Å². The van der Waals surface area contributed by atoms with Crippen LogP contribution < -0.4 is 4.90 Å². The molecule has 0 radical (unpaired) electrons. The standard InChI is InChI=1S/C28H30N2O5/c1-17(2)12-13-30-25(32)20-11-10-18(14-21(20)26(30)33)27(34)35-16-19(31)15-24-28(3,4)22-8-6-7-9-23(22)29(24)5/h6-11,14-15,17H,12-13,16H2,1-5H3/b24-15+. The Hall–Kier alpha value is -3.74. The molecule has 0 atom stereocenters. The number of nitrogens with zero attached hydrogens (tertiary/aromatic N) is 2.